The number of thioether (sulfide) groups is 1. The number of carbonyl (C=O) groups is 1. The summed E-state index contributed by atoms with van der Waals surface area (Å²) in [4.78, 5) is 15.2. The molecule has 2 aromatic rings. The Morgan fingerprint density at radius 2 is 1.92 bits per heavy atom. The highest BCUT2D eigenvalue weighted by Crippen LogP contribution is 2.51. The highest BCUT2D eigenvalue weighted by Gasteiger charge is 2.48. The lowest BCUT2D eigenvalue weighted by molar-refractivity contribution is -0.132. The smallest absolute Gasteiger partial charge is 0.227 e. The average molecular weight is 369 g/mol. The van der Waals surface area contributed by atoms with E-state index in [4.69, 9.17) is 9.47 Å². The van der Waals surface area contributed by atoms with Gasteiger partial charge in [0.2, 0.25) is 5.91 Å². The summed E-state index contributed by atoms with van der Waals surface area (Å²) in [6.45, 7) is 0.784. The number of benzene rings is 2. The monoisotopic (exact) mass is 369 g/mol. The van der Waals surface area contributed by atoms with Crippen molar-refractivity contribution in [2.45, 2.75) is 17.7 Å². The molecule has 4 rings (SSSR count). The van der Waals surface area contributed by atoms with Crippen LogP contribution in [0.25, 0.3) is 0 Å². The lowest BCUT2D eigenvalue weighted by Gasteiger charge is -2.26. The van der Waals surface area contributed by atoms with Crippen molar-refractivity contribution in [3.63, 3.8) is 0 Å². The van der Waals surface area contributed by atoms with Gasteiger partial charge >= 0.3 is 0 Å². The first kappa shape index (κ1) is 17.3. The molecule has 2 aromatic carbocycles. The Morgan fingerprint density at radius 1 is 1.12 bits per heavy atom. The molecule has 2 fully saturated rings. The molecule has 1 aliphatic heterocycles. The van der Waals surface area contributed by atoms with Gasteiger partial charge in [-0.05, 0) is 36.1 Å². The van der Waals surface area contributed by atoms with Crippen LogP contribution >= 0.6 is 11.8 Å². The molecular weight excluding hydrogens is 346 g/mol. The average Bonchev–Trinajstić information content (AvgIpc) is 3.35. The van der Waals surface area contributed by atoms with Gasteiger partial charge in [-0.15, -0.1) is 11.8 Å². The van der Waals surface area contributed by atoms with Crippen LogP contribution in [0.3, 0.4) is 0 Å². The Labute approximate surface area is 158 Å². The Morgan fingerprint density at radius 3 is 2.65 bits per heavy atom. The Hall–Kier alpha value is -2.14. The van der Waals surface area contributed by atoms with Gasteiger partial charge in [0, 0.05) is 23.8 Å². The molecule has 0 unspecified atom stereocenters. The molecule has 2 aliphatic rings. The van der Waals surface area contributed by atoms with E-state index in [1.807, 2.05) is 41.3 Å². The number of nitrogens with zero attached hydrogens (tertiary/aromatic N) is 1. The number of amides is 1. The third kappa shape index (κ3) is 3.16. The first-order valence-electron chi connectivity index (χ1n) is 8.92. The SMILES string of the molecule is COc1ccc(OC)c([C@@H]2SCCN2C(=O)[C@H]2C[C@H]2c2ccccc2)c1. The maximum absolute atomic E-state index is 13.2. The van der Waals surface area contributed by atoms with Crippen LogP contribution in [0.1, 0.15) is 28.8 Å². The summed E-state index contributed by atoms with van der Waals surface area (Å²) in [5.74, 6) is 3.27. The second-order valence-corrected chi connectivity index (χ2v) is 7.91. The number of methoxy groups -OCH3 is 2. The highest BCUT2D eigenvalue weighted by molar-refractivity contribution is 7.99. The van der Waals surface area contributed by atoms with Crippen molar-refractivity contribution in [3.8, 4) is 11.5 Å². The number of rotatable bonds is 5. The maximum Gasteiger partial charge on any atom is 0.227 e. The van der Waals surface area contributed by atoms with E-state index in [1.165, 1.54) is 5.56 Å². The molecule has 1 saturated carbocycles. The van der Waals surface area contributed by atoms with Crippen molar-refractivity contribution in [1.82, 2.24) is 4.90 Å². The minimum absolute atomic E-state index is 0.00965. The fourth-order valence-corrected chi connectivity index (χ4v) is 5.01. The van der Waals surface area contributed by atoms with E-state index < -0.39 is 0 Å². The molecule has 1 saturated heterocycles. The lowest BCUT2D eigenvalue weighted by Crippen LogP contribution is -2.32. The zero-order valence-electron chi connectivity index (χ0n) is 15.1. The third-order valence-electron chi connectivity index (χ3n) is 5.21. The highest BCUT2D eigenvalue weighted by atomic mass is 32.2. The molecule has 26 heavy (non-hydrogen) atoms. The van der Waals surface area contributed by atoms with E-state index in [0.717, 1.165) is 35.8 Å². The van der Waals surface area contributed by atoms with E-state index in [9.17, 15) is 4.79 Å². The maximum atomic E-state index is 13.2. The fraction of sp³-hybridized carbons (Fsp3) is 0.381. The summed E-state index contributed by atoms with van der Waals surface area (Å²) in [5, 5.41) is -0.00965. The largest absolute Gasteiger partial charge is 0.497 e. The summed E-state index contributed by atoms with van der Waals surface area (Å²) in [6.07, 6.45) is 0.950. The molecule has 1 heterocycles. The van der Waals surface area contributed by atoms with Gasteiger partial charge in [0.05, 0.1) is 14.2 Å². The van der Waals surface area contributed by atoms with Crippen LogP contribution in [0.4, 0.5) is 0 Å². The van der Waals surface area contributed by atoms with Gasteiger partial charge < -0.3 is 14.4 Å². The molecule has 1 aliphatic carbocycles. The molecule has 0 N–H and O–H groups in total. The molecule has 4 nitrogen and oxygen atoms in total. The lowest BCUT2D eigenvalue weighted by atomic mass is 10.1. The van der Waals surface area contributed by atoms with Crippen LogP contribution in [0, 0.1) is 5.92 Å². The Kier molecular flexibility index (Phi) is 4.81. The molecule has 3 atom stereocenters. The molecule has 1 amide bonds. The molecule has 136 valence electrons. The van der Waals surface area contributed by atoms with Crippen molar-refractivity contribution in [3.05, 3.63) is 59.7 Å². The normalized spacial score (nSPS) is 24.4. The van der Waals surface area contributed by atoms with Crippen molar-refractivity contribution in [2.24, 2.45) is 5.92 Å². The molecule has 0 spiro atoms. The van der Waals surface area contributed by atoms with E-state index in [-0.39, 0.29) is 17.2 Å². The minimum atomic E-state index is -0.00965. The van der Waals surface area contributed by atoms with E-state index in [2.05, 4.69) is 12.1 Å². The van der Waals surface area contributed by atoms with Gasteiger partial charge in [-0.1, -0.05) is 30.3 Å². The summed E-state index contributed by atoms with van der Waals surface area (Å²) in [6, 6.07) is 16.2. The van der Waals surface area contributed by atoms with Gasteiger partial charge in [-0.3, -0.25) is 4.79 Å². The zero-order chi connectivity index (χ0) is 18.1. The summed E-state index contributed by atoms with van der Waals surface area (Å²) >= 11 is 1.79. The van der Waals surface area contributed by atoms with Crippen molar-refractivity contribution < 1.29 is 14.3 Å². The first-order chi connectivity index (χ1) is 12.7. The van der Waals surface area contributed by atoms with Gasteiger partial charge in [0.25, 0.3) is 0 Å². The molecule has 0 aromatic heterocycles. The summed E-state index contributed by atoms with van der Waals surface area (Å²) in [7, 11) is 3.33. The van der Waals surface area contributed by atoms with Crippen LogP contribution < -0.4 is 9.47 Å². The standard InChI is InChI=1S/C21H23NO3S/c1-24-15-8-9-19(25-2)18(12-15)21-22(10-11-26-21)20(23)17-13-16(17)14-6-4-3-5-7-14/h3-9,12,16-17,21H,10-11,13H2,1-2H3/t16-,17-,21-/m0/s1. The first-order valence-corrected chi connectivity index (χ1v) is 9.96. The summed E-state index contributed by atoms with van der Waals surface area (Å²) in [5.41, 5.74) is 2.29. The number of hydrogen-bond donors (Lipinski definition) is 0. The second-order valence-electron chi connectivity index (χ2n) is 6.72. The third-order valence-corrected chi connectivity index (χ3v) is 6.45. The predicted octanol–water partition coefficient (Wildman–Crippen LogP) is 4.08. The van der Waals surface area contributed by atoms with Crippen molar-refractivity contribution in [1.29, 1.82) is 0 Å². The number of ether oxygens (including phenoxy) is 2. The van der Waals surface area contributed by atoms with Crippen LogP contribution in [-0.4, -0.2) is 37.3 Å². The van der Waals surface area contributed by atoms with Crippen molar-refractivity contribution >= 4 is 17.7 Å². The Bertz CT molecular complexity index is 795. The molecule has 0 bridgehead atoms. The van der Waals surface area contributed by atoms with Gasteiger partial charge in [-0.2, -0.15) is 0 Å². The van der Waals surface area contributed by atoms with E-state index >= 15 is 0 Å². The quantitative estimate of drug-likeness (QED) is 0.796. The van der Waals surface area contributed by atoms with Gasteiger partial charge in [0.1, 0.15) is 16.9 Å². The number of carbonyl (C=O) groups excluding carboxylic acids is 1. The van der Waals surface area contributed by atoms with E-state index in [0.29, 0.717) is 5.92 Å². The Balaban J connectivity index is 1.55. The van der Waals surface area contributed by atoms with Crippen LogP contribution in [0.15, 0.2) is 48.5 Å². The topological polar surface area (TPSA) is 38.8 Å². The molecule has 0 radical (unpaired) electrons. The zero-order valence-corrected chi connectivity index (χ0v) is 15.9. The predicted molar refractivity (Wildman–Crippen MR) is 104 cm³/mol. The van der Waals surface area contributed by atoms with E-state index in [1.54, 1.807) is 26.0 Å². The molecule has 5 heteroatoms. The van der Waals surface area contributed by atoms with Crippen LogP contribution in [0.5, 0.6) is 11.5 Å². The van der Waals surface area contributed by atoms with Crippen LogP contribution in [0.2, 0.25) is 0 Å². The van der Waals surface area contributed by atoms with Gasteiger partial charge in [0.15, 0.2) is 0 Å². The minimum Gasteiger partial charge on any atom is -0.497 e. The second kappa shape index (κ2) is 7.23. The number of hydrogen-bond acceptors (Lipinski definition) is 4. The molecular formula is C21H23NO3S. The van der Waals surface area contributed by atoms with Gasteiger partial charge in [-0.25, -0.2) is 0 Å². The van der Waals surface area contributed by atoms with Crippen molar-refractivity contribution in [2.75, 3.05) is 26.5 Å². The summed E-state index contributed by atoms with van der Waals surface area (Å²) < 4.78 is 10.9. The van der Waals surface area contributed by atoms with Crippen LogP contribution in [-0.2, 0) is 4.79 Å². The fourth-order valence-electron chi connectivity index (χ4n) is 3.74.